The number of nitrogens with zero attached hydrogens (tertiary/aromatic N) is 1. The van der Waals surface area contributed by atoms with Crippen LogP contribution in [0.5, 0.6) is 0 Å². The summed E-state index contributed by atoms with van der Waals surface area (Å²) in [5.41, 5.74) is -0.338. The molecule has 2 heterocycles. The van der Waals surface area contributed by atoms with Crippen LogP contribution in [0.25, 0.3) is 0 Å². The number of amides is 1. The molecule has 4 nitrogen and oxygen atoms in total. The van der Waals surface area contributed by atoms with Crippen LogP contribution in [0.4, 0.5) is 4.79 Å². The summed E-state index contributed by atoms with van der Waals surface area (Å²) >= 11 is 2.11. The number of thioether (sulfide) groups is 1. The first kappa shape index (κ1) is 18.4. The quantitative estimate of drug-likeness (QED) is 0.830. The van der Waals surface area contributed by atoms with Gasteiger partial charge in [-0.1, -0.05) is 0 Å². The molecule has 1 spiro atoms. The average Bonchev–Trinajstić information content (AvgIpc) is 2.50. The SMILES string of the molecule is CC(C)(C)OC(=O)N1CCC(NCC2CCCSC2)CC12CCC2. The lowest BCUT2D eigenvalue weighted by Gasteiger charge is -2.55. The van der Waals surface area contributed by atoms with Crippen LogP contribution >= 0.6 is 11.8 Å². The summed E-state index contributed by atoms with van der Waals surface area (Å²) in [5.74, 6) is 3.49. The zero-order valence-electron chi connectivity index (χ0n) is 15.6. The Bertz CT molecular complexity index is 439. The van der Waals surface area contributed by atoms with Gasteiger partial charge in [-0.15, -0.1) is 0 Å². The second-order valence-corrected chi connectivity index (χ2v) is 10.0. The molecule has 2 aliphatic heterocycles. The van der Waals surface area contributed by atoms with Gasteiger partial charge in [-0.05, 0) is 89.7 Å². The predicted molar refractivity (Wildman–Crippen MR) is 101 cm³/mol. The largest absolute Gasteiger partial charge is 0.444 e. The summed E-state index contributed by atoms with van der Waals surface area (Å²) in [4.78, 5) is 14.7. The first-order valence-corrected chi connectivity index (χ1v) is 10.9. The summed E-state index contributed by atoms with van der Waals surface area (Å²) in [7, 11) is 0. The van der Waals surface area contributed by atoms with Crippen molar-refractivity contribution in [2.24, 2.45) is 5.92 Å². The van der Waals surface area contributed by atoms with E-state index in [0.29, 0.717) is 6.04 Å². The van der Waals surface area contributed by atoms with Crippen molar-refractivity contribution in [1.29, 1.82) is 0 Å². The van der Waals surface area contributed by atoms with Crippen molar-refractivity contribution in [3.63, 3.8) is 0 Å². The highest BCUT2D eigenvalue weighted by atomic mass is 32.2. The van der Waals surface area contributed by atoms with Gasteiger partial charge >= 0.3 is 6.09 Å². The van der Waals surface area contributed by atoms with E-state index in [1.165, 1.54) is 30.8 Å². The van der Waals surface area contributed by atoms with E-state index in [4.69, 9.17) is 4.74 Å². The fourth-order valence-corrected chi connectivity index (χ4v) is 5.49. The normalized spacial score (nSPS) is 30.0. The number of nitrogens with one attached hydrogen (secondary N) is 1. The van der Waals surface area contributed by atoms with Gasteiger partial charge in [0.25, 0.3) is 0 Å². The monoisotopic (exact) mass is 354 g/mol. The highest BCUT2D eigenvalue weighted by Crippen LogP contribution is 2.45. The fourth-order valence-electron chi connectivity index (χ4n) is 4.33. The van der Waals surface area contributed by atoms with E-state index >= 15 is 0 Å². The maximum atomic E-state index is 12.6. The van der Waals surface area contributed by atoms with E-state index in [1.54, 1.807) is 0 Å². The molecule has 0 aromatic carbocycles. The third-order valence-electron chi connectivity index (χ3n) is 5.75. The van der Waals surface area contributed by atoms with E-state index in [-0.39, 0.29) is 11.6 Å². The molecule has 0 bridgehead atoms. The molecular formula is C19H34N2O2S. The number of carbonyl (C=O) groups excluding carboxylic acids is 1. The van der Waals surface area contributed by atoms with Gasteiger partial charge in [0.05, 0.1) is 0 Å². The lowest BCUT2D eigenvalue weighted by Crippen LogP contribution is -2.63. The van der Waals surface area contributed by atoms with Gasteiger partial charge < -0.3 is 15.0 Å². The van der Waals surface area contributed by atoms with Crippen molar-refractivity contribution in [2.45, 2.75) is 82.9 Å². The molecule has 1 amide bonds. The van der Waals surface area contributed by atoms with E-state index < -0.39 is 5.60 Å². The lowest BCUT2D eigenvalue weighted by atomic mass is 9.69. The third-order valence-corrected chi connectivity index (χ3v) is 7.03. The van der Waals surface area contributed by atoms with Crippen molar-refractivity contribution >= 4 is 17.9 Å². The highest BCUT2D eigenvalue weighted by molar-refractivity contribution is 7.99. The van der Waals surface area contributed by atoms with Gasteiger partial charge in [0, 0.05) is 18.1 Å². The number of hydrogen-bond acceptors (Lipinski definition) is 4. The fraction of sp³-hybridized carbons (Fsp3) is 0.947. The minimum atomic E-state index is -0.407. The van der Waals surface area contributed by atoms with Crippen LogP contribution in [0.3, 0.4) is 0 Å². The summed E-state index contributed by atoms with van der Waals surface area (Å²) in [6.45, 7) is 7.85. The molecule has 3 fully saturated rings. The zero-order valence-corrected chi connectivity index (χ0v) is 16.4. The molecule has 5 heteroatoms. The second kappa shape index (κ2) is 7.45. The Kier molecular flexibility index (Phi) is 5.70. The van der Waals surface area contributed by atoms with Gasteiger partial charge in [-0.3, -0.25) is 0 Å². The average molecular weight is 355 g/mol. The van der Waals surface area contributed by atoms with Crippen LogP contribution in [-0.4, -0.2) is 52.8 Å². The molecule has 1 N–H and O–H groups in total. The van der Waals surface area contributed by atoms with Crippen LogP contribution in [0.1, 0.15) is 65.7 Å². The summed E-state index contributed by atoms with van der Waals surface area (Å²) in [6.07, 6.45) is 8.33. The van der Waals surface area contributed by atoms with Crippen LogP contribution in [-0.2, 0) is 4.74 Å². The topological polar surface area (TPSA) is 41.6 Å². The standard InChI is InChI=1S/C19H34N2O2S/c1-18(2,3)23-17(22)21-10-7-16(12-19(21)8-5-9-19)20-13-15-6-4-11-24-14-15/h15-16,20H,4-14H2,1-3H3. The van der Waals surface area contributed by atoms with Gasteiger partial charge in [-0.25, -0.2) is 4.79 Å². The molecule has 2 atom stereocenters. The molecule has 3 rings (SSSR count). The summed E-state index contributed by atoms with van der Waals surface area (Å²) in [6, 6.07) is 0.566. The van der Waals surface area contributed by atoms with Crippen molar-refractivity contribution in [3.05, 3.63) is 0 Å². The first-order chi connectivity index (χ1) is 11.4. The van der Waals surface area contributed by atoms with Gasteiger partial charge in [0.15, 0.2) is 0 Å². The molecule has 2 saturated heterocycles. The van der Waals surface area contributed by atoms with E-state index in [0.717, 1.165) is 44.7 Å². The summed E-state index contributed by atoms with van der Waals surface area (Å²) < 4.78 is 5.66. The van der Waals surface area contributed by atoms with Crippen LogP contribution in [0, 0.1) is 5.92 Å². The molecule has 3 aliphatic rings. The van der Waals surface area contributed by atoms with Gasteiger partial charge in [0.2, 0.25) is 0 Å². The van der Waals surface area contributed by atoms with E-state index in [9.17, 15) is 4.79 Å². The predicted octanol–water partition coefficient (Wildman–Crippen LogP) is 4.04. The molecule has 0 radical (unpaired) electrons. The number of rotatable bonds is 3. The Hall–Kier alpha value is -0.420. The van der Waals surface area contributed by atoms with Crippen molar-refractivity contribution in [3.8, 4) is 0 Å². The first-order valence-electron chi connectivity index (χ1n) is 9.70. The van der Waals surface area contributed by atoms with Gasteiger partial charge in [0.1, 0.15) is 5.60 Å². The number of carbonyl (C=O) groups is 1. The van der Waals surface area contributed by atoms with E-state index in [1.807, 2.05) is 20.8 Å². The van der Waals surface area contributed by atoms with Crippen LogP contribution in [0.2, 0.25) is 0 Å². The maximum Gasteiger partial charge on any atom is 0.410 e. The number of likely N-dealkylation sites (tertiary alicyclic amines) is 1. The van der Waals surface area contributed by atoms with Crippen LogP contribution < -0.4 is 5.32 Å². The van der Waals surface area contributed by atoms with Crippen LogP contribution in [0.15, 0.2) is 0 Å². The maximum absolute atomic E-state index is 12.6. The Morgan fingerprint density at radius 3 is 2.67 bits per heavy atom. The molecule has 138 valence electrons. The van der Waals surface area contributed by atoms with Gasteiger partial charge in [-0.2, -0.15) is 11.8 Å². The zero-order chi connectivity index (χ0) is 17.2. The molecule has 1 aliphatic carbocycles. The molecule has 2 unspecified atom stereocenters. The second-order valence-electron chi connectivity index (χ2n) is 8.89. The molecule has 1 saturated carbocycles. The molecular weight excluding hydrogens is 320 g/mol. The smallest absolute Gasteiger partial charge is 0.410 e. The molecule has 0 aromatic rings. The number of piperidine rings is 1. The molecule has 24 heavy (non-hydrogen) atoms. The Balaban J connectivity index is 1.53. The minimum absolute atomic E-state index is 0.0690. The molecule has 0 aromatic heterocycles. The Labute approximate surface area is 151 Å². The summed E-state index contributed by atoms with van der Waals surface area (Å²) in [5, 5.41) is 3.83. The minimum Gasteiger partial charge on any atom is -0.444 e. The Morgan fingerprint density at radius 1 is 1.29 bits per heavy atom. The van der Waals surface area contributed by atoms with Crippen molar-refractivity contribution < 1.29 is 9.53 Å². The number of hydrogen-bond donors (Lipinski definition) is 1. The third kappa shape index (κ3) is 4.40. The Morgan fingerprint density at radius 2 is 2.08 bits per heavy atom. The van der Waals surface area contributed by atoms with Crippen molar-refractivity contribution in [2.75, 3.05) is 24.6 Å². The number of ether oxygens (including phenoxy) is 1. The highest BCUT2D eigenvalue weighted by Gasteiger charge is 2.49. The van der Waals surface area contributed by atoms with Crippen molar-refractivity contribution in [1.82, 2.24) is 10.2 Å². The van der Waals surface area contributed by atoms with E-state index in [2.05, 4.69) is 22.0 Å². The lowest BCUT2D eigenvalue weighted by molar-refractivity contribution is -0.0494.